The lowest BCUT2D eigenvalue weighted by molar-refractivity contribution is 0.444. The maximum absolute atomic E-state index is 4.97. The molecule has 0 saturated heterocycles. The number of aryl methyl sites for hydroxylation is 1. The van der Waals surface area contributed by atoms with Crippen molar-refractivity contribution in [1.29, 1.82) is 0 Å². The number of benzene rings is 1. The number of para-hydroxylation sites is 1. The predicted molar refractivity (Wildman–Crippen MR) is 144 cm³/mol. The molecule has 7 nitrogen and oxygen atoms in total. The monoisotopic (exact) mass is 461 g/mol. The fourth-order valence-corrected chi connectivity index (χ4v) is 4.11. The van der Waals surface area contributed by atoms with Crippen LogP contribution in [0.4, 0.5) is 5.69 Å². The van der Waals surface area contributed by atoms with E-state index in [0.29, 0.717) is 6.54 Å². The molecule has 0 amide bonds. The first-order valence-corrected chi connectivity index (χ1v) is 11.8. The molecule has 5 aromatic rings. The summed E-state index contributed by atoms with van der Waals surface area (Å²) in [5.41, 5.74) is 7.24. The number of likely N-dealkylation sites (N-methyl/N-ethyl adjacent to an activating group) is 1. The number of anilines is 1. The smallest absolute Gasteiger partial charge is 0.186 e. The molecular formula is C27H28BN7. The molecule has 0 aliphatic carbocycles. The molecule has 0 saturated carbocycles. The Morgan fingerprint density at radius 3 is 2.49 bits per heavy atom. The molecule has 174 valence electrons. The van der Waals surface area contributed by atoms with E-state index < -0.39 is 0 Å². The zero-order chi connectivity index (χ0) is 24.2. The molecule has 8 heteroatoms. The van der Waals surface area contributed by atoms with Crippen LogP contribution in [-0.4, -0.2) is 57.8 Å². The highest BCUT2D eigenvalue weighted by molar-refractivity contribution is 6.04. The normalized spacial score (nSPS) is 11.3. The molecule has 0 aliphatic heterocycles. The summed E-state index contributed by atoms with van der Waals surface area (Å²) in [6.07, 6.45) is 1.78. The van der Waals surface area contributed by atoms with E-state index in [9.17, 15) is 0 Å². The second kappa shape index (κ2) is 10.1. The number of rotatable bonds is 8. The van der Waals surface area contributed by atoms with Crippen molar-refractivity contribution in [3.8, 4) is 22.8 Å². The van der Waals surface area contributed by atoms with E-state index in [1.165, 1.54) is 5.69 Å². The van der Waals surface area contributed by atoms with Gasteiger partial charge in [0.2, 0.25) is 0 Å². The quantitative estimate of drug-likeness (QED) is 0.354. The van der Waals surface area contributed by atoms with Crippen LogP contribution in [0.15, 0.2) is 79.0 Å². The average Bonchev–Trinajstić information content (AvgIpc) is 3.31. The van der Waals surface area contributed by atoms with Crippen LogP contribution in [0.1, 0.15) is 11.5 Å². The molecule has 0 atom stereocenters. The summed E-state index contributed by atoms with van der Waals surface area (Å²) in [7, 11) is 4.24. The van der Waals surface area contributed by atoms with Crippen LogP contribution in [-0.2, 0) is 6.54 Å². The molecule has 4 heterocycles. The second-order valence-electron chi connectivity index (χ2n) is 8.80. The van der Waals surface area contributed by atoms with Gasteiger partial charge >= 0.3 is 0 Å². The van der Waals surface area contributed by atoms with Crippen LogP contribution in [0.2, 0.25) is 0 Å². The number of H-pyrrole nitrogens is 1. The molecular weight excluding hydrogens is 433 g/mol. The summed E-state index contributed by atoms with van der Waals surface area (Å²) in [4.78, 5) is 27.0. The van der Waals surface area contributed by atoms with E-state index in [2.05, 4.69) is 59.0 Å². The standard InChI is InChI=1S/C27H28BN7/c1-19-8-6-11-23(30-19)26-27(24-14-13-21-22(31-24)12-7-15-29-21)33-25(32-26)18-35(28)17-16-34(2)20-9-4-3-5-10-20/h3-15H,16-18,28H2,1-2H3,(H,32,33). The van der Waals surface area contributed by atoms with Gasteiger partial charge in [-0.05, 0) is 55.5 Å². The molecule has 1 N–H and O–H groups in total. The Morgan fingerprint density at radius 2 is 1.66 bits per heavy atom. The summed E-state index contributed by atoms with van der Waals surface area (Å²) in [6.45, 7) is 4.50. The van der Waals surface area contributed by atoms with Crippen molar-refractivity contribution < 1.29 is 0 Å². The van der Waals surface area contributed by atoms with Gasteiger partial charge in [-0.3, -0.25) is 9.97 Å². The first kappa shape index (κ1) is 22.7. The van der Waals surface area contributed by atoms with E-state index in [1.807, 2.05) is 55.5 Å². The molecule has 0 radical (unpaired) electrons. The Labute approximate surface area is 206 Å². The van der Waals surface area contributed by atoms with Gasteiger partial charge in [-0.15, -0.1) is 0 Å². The van der Waals surface area contributed by atoms with Crippen LogP contribution in [0.3, 0.4) is 0 Å². The van der Waals surface area contributed by atoms with E-state index in [4.69, 9.17) is 15.0 Å². The summed E-state index contributed by atoms with van der Waals surface area (Å²) >= 11 is 0. The Kier molecular flexibility index (Phi) is 6.54. The van der Waals surface area contributed by atoms with Gasteiger partial charge in [0, 0.05) is 44.3 Å². The summed E-state index contributed by atoms with van der Waals surface area (Å²) in [5.74, 6) is 0.885. The van der Waals surface area contributed by atoms with Crippen molar-refractivity contribution >= 4 is 24.7 Å². The maximum atomic E-state index is 4.97. The van der Waals surface area contributed by atoms with Gasteiger partial charge in [-0.25, -0.2) is 9.97 Å². The number of pyridine rings is 3. The van der Waals surface area contributed by atoms with Crippen molar-refractivity contribution in [2.75, 3.05) is 25.0 Å². The topological polar surface area (TPSA) is 73.8 Å². The van der Waals surface area contributed by atoms with Crippen LogP contribution in [0.25, 0.3) is 33.8 Å². The number of aromatic amines is 1. The molecule has 5 rings (SSSR count). The first-order chi connectivity index (χ1) is 17.1. The lowest BCUT2D eigenvalue weighted by Crippen LogP contribution is -2.31. The van der Waals surface area contributed by atoms with Gasteiger partial charge in [-0.2, -0.15) is 0 Å². The van der Waals surface area contributed by atoms with E-state index in [0.717, 1.165) is 58.4 Å². The Hall–Kier alpha value is -4.04. The Bertz CT molecular complexity index is 1430. The third kappa shape index (κ3) is 5.23. The van der Waals surface area contributed by atoms with Crippen LogP contribution in [0, 0.1) is 6.92 Å². The van der Waals surface area contributed by atoms with E-state index >= 15 is 0 Å². The maximum Gasteiger partial charge on any atom is 0.186 e. The van der Waals surface area contributed by atoms with Crippen molar-refractivity contribution in [1.82, 2.24) is 29.7 Å². The second-order valence-corrected chi connectivity index (χ2v) is 8.80. The zero-order valence-corrected chi connectivity index (χ0v) is 20.3. The van der Waals surface area contributed by atoms with Gasteiger partial charge < -0.3 is 14.7 Å². The lowest BCUT2D eigenvalue weighted by atomic mass is 10.1. The van der Waals surface area contributed by atoms with Crippen LogP contribution < -0.4 is 4.90 Å². The number of hydrogen-bond acceptors (Lipinski definition) is 6. The van der Waals surface area contributed by atoms with Crippen LogP contribution in [0.5, 0.6) is 0 Å². The molecule has 4 aromatic heterocycles. The van der Waals surface area contributed by atoms with Gasteiger partial charge in [0.05, 0.1) is 28.1 Å². The Morgan fingerprint density at radius 1 is 0.800 bits per heavy atom. The minimum atomic E-state index is 0.691. The van der Waals surface area contributed by atoms with Crippen molar-refractivity contribution in [3.05, 3.63) is 90.5 Å². The largest absolute Gasteiger partial charge is 0.373 e. The van der Waals surface area contributed by atoms with Gasteiger partial charge in [-0.1, -0.05) is 24.3 Å². The fourth-order valence-electron chi connectivity index (χ4n) is 4.11. The van der Waals surface area contributed by atoms with Gasteiger partial charge in [0.25, 0.3) is 0 Å². The SMILES string of the molecule is BN(CCN(C)c1ccccc1)Cc1nc(-c2cccc(C)n2)c(-c2ccc3ncccc3n2)[nH]1. The zero-order valence-electron chi connectivity index (χ0n) is 20.3. The van der Waals surface area contributed by atoms with E-state index in [1.54, 1.807) is 6.20 Å². The molecule has 0 unspecified atom stereocenters. The minimum Gasteiger partial charge on any atom is -0.373 e. The summed E-state index contributed by atoms with van der Waals surface area (Å²) in [5, 5.41) is 0. The molecule has 0 bridgehead atoms. The van der Waals surface area contributed by atoms with Crippen molar-refractivity contribution in [2.45, 2.75) is 13.5 Å². The average molecular weight is 461 g/mol. The summed E-state index contributed by atoms with van der Waals surface area (Å²) < 4.78 is 0. The predicted octanol–water partition coefficient (Wildman–Crippen LogP) is 3.88. The van der Waals surface area contributed by atoms with Gasteiger partial charge in [0.15, 0.2) is 7.98 Å². The third-order valence-corrected chi connectivity index (χ3v) is 6.03. The van der Waals surface area contributed by atoms with Crippen molar-refractivity contribution in [2.24, 2.45) is 0 Å². The number of nitrogens with one attached hydrogen (secondary N) is 1. The highest BCUT2D eigenvalue weighted by Gasteiger charge is 2.18. The number of fused-ring (bicyclic) bond motifs is 1. The fraction of sp³-hybridized carbons (Fsp3) is 0.185. The van der Waals surface area contributed by atoms with Crippen molar-refractivity contribution in [3.63, 3.8) is 0 Å². The Balaban J connectivity index is 1.41. The first-order valence-electron chi connectivity index (χ1n) is 11.8. The third-order valence-electron chi connectivity index (χ3n) is 6.03. The van der Waals surface area contributed by atoms with E-state index in [-0.39, 0.29) is 0 Å². The van der Waals surface area contributed by atoms with Gasteiger partial charge in [0.1, 0.15) is 11.5 Å². The number of imidazole rings is 1. The number of nitrogens with zero attached hydrogens (tertiary/aromatic N) is 6. The lowest BCUT2D eigenvalue weighted by Gasteiger charge is -2.23. The summed E-state index contributed by atoms with van der Waals surface area (Å²) in [6, 6.07) is 24.3. The minimum absolute atomic E-state index is 0.691. The molecule has 1 aromatic carbocycles. The highest BCUT2D eigenvalue weighted by atomic mass is 15.2. The highest BCUT2D eigenvalue weighted by Crippen LogP contribution is 2.29. The molecule has 0 spiro atoms. The molecule has 0 fully saturated rings. The molecule has 35 heavy (non-hydrogen) atoms. The number of hydrogen-bond donors (Lipinski definition) is 1. The van der Waals surface area contributed by atoms with Crippen LogP contribution >= 0.6 is 0 Å². The molecule has 0 aliphatic rings. The number of aromatic nitrogens is 5.